The summed E-state index contributed by atoms with van der Waals surface area (Å²) < 4.78 is 11.4. The number of carbonyl (C=O) groups excluding carboxylic acids is 1. The van der Waals surface area contributed by atoms with Crippen LogP contribution in [0.1, 0.15) is 59.5 Å². The number of aliphatic imine (C=N–C) groups is 1. The van der Waals surface area contributed by atoms with Crippen LogP contribution in [0.5, 0.6) is 0 Å². The molecule has 1 aromatic carbocycles. The van der Waals surface area contributed by atoms with Gasteiger partial charge in [-0.05, 0) is 84.3 Å². The zero-order chi connectivity index (χ0) is 27.0. The monoisotopic (exact) mass is 558 g/mol. The van der Waals surface area contributed by atoms with Crippen LogP contribution < -0.4 is 5.32 Å². The van der Waals surface area contributed by atoms with Gasteiger partial charge >= 0.3 is 0 Å². The molecule has 1 aliphatic carbocycles. The summed E-state index contributed by atoms with van der Waals surface area (Å²) in [4.78, 5) is 27.3. The van der Waals surface area contributed by atoms with Crippen molar-refractivity contribution in [1.29, 1.82) is 0 Å². The van der Waals surface area contributed by atoms with Crippen LogP contribution in [-0.4, -0.2) is 22.1 Å². The number of amides is 1. The van der Waals surface area contributed by atoms with E-state index in [1.165, 1.54) is 16.6 Å². The third-order valence-corrected chi connectivity index (χ3v) is 9.15. The average Bonchev–Trinajstić information content (AvgIpc) is 3.71. The number of para-hydroxylation sites is 2. The molecule has 4 heterocycles. The van der Waals surface area contributed by atoms with Crippen molar-refractivity contribution in [2.75, 3.05) is 0 Å². The molecule has 0 aliphatic heterocycles. The van der Waals surface area contributed by atoms with E-state index in [1.54, 1.807) is 23.8 Å². The van der Waals surface area contributed by atoms with Crippen molar-refractivity contribution in [2.45, 2.75) is 56.8 Å². The first-order chi connectivity index (χ1) is 18.8. The fraction of sp³-hybridized carbons (Fsp3) is 0.300. The summed E-state index contributed by atoms with van der Waals surface area (Å²) in [7, 11) is 0. The van der Waals surface area contributed by atoms with Crippen LogP contribution >= 0.6 is 23.1 Å². The largest absolute Gasteiger partial charge is 0.467 e. The molecule has 7 nitrogen and oxygen atoms in total. The molecule has 0 radical (unpaired) electrons. The zero-order valence-corrected chi connectivity index (χ0v) is 23.7. The molecule has 2 N–H and O–H groups in total. The summed E-state index contributed by atoms with van der Waals surface area (Å²) in [6.45, 7) is 7.23. The van der Waals surface area contributed by atoms with Gasteiger partial charge in [0.15, 0.2) is 10.2 Å². The van der Waals surface area contributed by atoms with E-state index >= 15 is 0 Å². The second kappa shape index (κ2) is 10.5. The van der Waals surface area contributed by atoms with Crippen LogP contribution in [0.15, 0.2) is 78.9 Å². The van der Waals surface area contributed by atoms with E-state index in [0.29, 0.717) is 28.9 Å². The van der Waals surface area contributed by atoms with E-state index in [9.17, 15) is 4.79 Å². The lowest BCUT2D eigenvalue weighted by molar-refractivity contribution is 0.0947. The number of hydrogen-bond acceptors (Lipinski definition) is 7. The highest BCUT2D eigenvalue weighted by Crippen LogP contribution is 2.45. The van der Waals surface area contributed by atoms with E-state index in [4.69, 9.17) is 13.8 Å². The number of nitrogens with zero attached hydrogens (tertiary/aromatic N) is 2. The second-order valence-corrected chi connectivity index (χ2v) is 12.9. The van der Waals surface area contributed by atoms with Crippen molar-refractivity contribution in [2.24, 2.45) is 16.3 Å². The third-order valence-electron chi connectivity index (χ3n) is 7.18. The number of aromatic nitrogens is 2. The molecule has 9 heteroatoms. The quantitative estimate of drug-likeness (QED) is 0.199. The van der Waals surface area contributed by atoms with Gasteiger partial charge in [0.2, 0.25) is 0 Å². The topological polar surface area (TPSA) is 96.4 Å². The minimum Gasteiger partial charge on any atom is -0.467 e. The molecule has 6 rings (SSSR count). The molecular formula is C30H30N4O3S2. The van der Waals surface area contributed by atoms with Gasteiger partial charge in [0.25, 0.3) is 5.91 Å². The number of hydrogen-bond donors (Lipinski definition) is 2. The Morgan fingerprint density at radius 2 is 2.10 bits per heavy atom. The van der Waals surface area contributed by atoms with Gasteiger partial charge in [-0.25, -0.2) is 9.98 Å². The first-order valence-corrected chi connectivity index (χ1v) is 14.7. The van der Waals surface area contributed by atoms with E-state index in [-0.39, 0.29) is 11.3 Å². The Hall–Kier alpha value is -3.56. The molecule has 5 aromatic rings. The zero-order valence-electron chi connectivity index (χ0n) is 22.1. The van der Waals surface area contributed by atoms with Crippen LogP contribution in [-0.2, 0) is 19.4 Å². The van der Waals surface area contributed by atoms with E-state index < -0.39 is 0 Å². The Bertz CT molecular complexity index is 1600. The Morgan fingerprint density at radius 3 is 2.90 bits per heavy atom. The summed E-state index contributed by atoms with van der Waals surface area (Å²) in [5.74, 6) is 1.79. The lowest BCUT2D eigenvalue weighted by atomic mass is 9.72. The van der Waals surface area contributed by atoms with Gasteiger partial charge in [-0.2, -0.15) is 0 Å². The average molecular weight is 559 g/mol. The second-order valence-electron chi connectivity index (χ2n) is 10.8. The summed E-state index contributed by atoms with van der Waals surface area (Å²) >= 11 is 3.05. The predicted octanol–water partition coefficient (Wildman–Crippen LogP) is 7.79. The number of nitrogens with one attached hydrogen (secondary N) is 2. The van der Waals surface area contributed by atoms with Gasteiger partial charge in [0, 0.05) is 4.88 Å². The third kappa shape index (κ3) is 5.60. The fourth-order valence-electron chi connectivity index (χ4n) is 4.96. The highest BCUT2D eigenvalue weighted by atomic mass is 32.2. The summed E-state index contributed by atoms with van der Waals surface area (Å²) in [6, 6.07) is 15.4. The molecule has 0 fully saturated rings. The van der Waals surface area contributed by atoms with Gasteiger partial charge in [-0.3, -0.25) is 4.79 Å². The molecular weight excluding hydrogens is 528 g/mol. The fourth-order valence-corrected chi connectivity index (χ4v) is 7.00. The number of fused-ring (bicyclic) bond motifs is 2. The smallest absolute Gasteiger partial charge is 0.255 e. The molecule has 1 atom stereocenters. The summed E-state index contributed by atoms with van der Waals surface area (Å²) in [5.41, 5.74) is 3.93. The van der Waals surface area contributed by atoms with Crippen molar-refractivity contribution in [3.63, 3.8) is 0 Å². The lowest BCUT2D eigenvalue weighted by Crippen LogP contribution is -2.28. The number of thiophene rings is 1. The molecule has 0 spiro atoms. The maximum absolute atomic E-state index is 13.4. The van der Waals surface area contributed by atoms with Gasteiger partial charge in [0.1, 0.15) is 16.5 Å². The minimum absolute atomic E-state index is 0.120. The lowest BCUT2D eigenvalue weighted by Gasteiger charge is -2.33. The van der Waals surface area contributed by atoms with Gasteiger partial charge in [-0.15, -0.1) is 11.3 Å². The maximum Gasteiger partial charge on any atom is 0.255 e. The number of carbonyl (C=O) groups is 1. The number of furan rings is 2. The minimum atomic E-state index is -0.120. The van der Waals surface area contributed by atoms with Gasteiger partial charge < -0.3 is 19.1 Å². The SMILES string of the molecule is CC(C)(C)[C@@H]1CCc2c(sc(N=Cc3ccc(Sc4nc5ccccc5[nH]4)o3)c2C(=O)NCc2ccco2)C1. The number of H-pyrrole nitrogens is 1. The van der Waals surface area contributed by atoms with Crippen molar-refractivity contribution < 1.29 is 13.6 Å². The number of benzene rings is 1. The van der Waals surface area contributed by atoms with Crippen LogP contribution in [0, 0.1) is 11.3 Å². The van der Waals surface area contributed by atoms with Crippen LogP contribution in [0.3, 0.4) is 0 Å². The van der Waals surface area contributed by atoms with Crippen molar-refractivity contribution >= 4 is 51.3 Å². The number of rotatable bonds is 7. The standard InChI is InChI=1S/C30H30N4O3S2/c1-30(2,3)18-10-12-21-24(15-18)38-28(26(21)27(35)31-16-19-7-6-14-36-19)32-17-20-11-13-25(37-20)39-29-33-22-8-4-5-9-23(22)34-29/h4-9,11,13-14,17-18H,10,12,15-16H2,1-3H3,(H,31,35)(H,33,34)/t18-/m1/s1. The molecule has 0 saturated carbocycles. The van der Waals surface area contributed by atoms with E-state index in [2.05, 4.69) is 36.1 Å². The van der Waals surface area contributed by atoms with Crippen LogP contribution in [0.2, 0.25) is 0 Å². The van der Waals surface area contributed by atoms with Gasteiger partial charge in [-0.1, -0.05) is 32.9 Å². The molecule has 4 aromatic heterocycles. The van der Waals surface area contributed by atoms with Crippen molar-refractivity contribution in [1.82, 2.24) is 15.3 Å². The molecule has 1 aliphatic rings. The highest BCUT2D eigenvalue weighted by molar-refractivity contribution is 7.99. The summed E-state index contributed by atoms with van der Waals surface area (Å²) in [6.07, 6.45) is 6.22. The Morgan fingerprint density at radius 1 is 1.23 bits per heavy atom. The maximum atomic E-state index is 13.4. The Labute approximate surface area is 235 Å². The number of aromatic amines is 1. The molecule has 1 amide bonds. The molecule has 0 bridgehead atoms. The Kier molecular flexibility index (Phi) is 6.95. The molecule has 200 valence electrons. The van der Waals surface area contributed by atoms with E-state index in [0.717, 1.165) is 51.8 Å². The Balaban J connectivity index is 1.24. The molecule has 0 saturated heterocycles. The van der Waals surface area contributed by atoms with Crippen LogP contribution in [0.4, 0.5) is 5.00 Å². The molecule has 39 heavy (non-hydrogen) atoms. The van der Waals surface area contributed by atoms with E-state index in [1.807, 2.05) is 48.5 Å². The molecule has 0 unspecified atom stereocenters. The summed E-state index contributed by atoms with van der Waals surface area (Å²) in [5, 5.41) is 5.22. The van der Waals surface area contributed by atoms with Crippen molar-refractivity contribution in [3.05, 3.63) is 82.3 Å². The van der Waals surface area contributed by atoms with Crippen molar-refractivity contribution in [3.8, 4) is 0 Å². The predicted molar refractivity (Wildman–Crippen MR) is 155 cm³/mol. The normalized spacial score (nSPS) is 15.7. The number of imidazole rings is 1. The van der Waals surface area contributed by atoms with Gasteiger partial charge in [0.05, 0.1) is 35.6 Å². The first kappa shape index (κ1) is 25.7. The first-order valence-electron chi connectivity index (χ1n) is 13.0. The van der Waals surface area contributed by atoms with Crippen LogP contribution in [0.25, 0.3) is 11.0 Å². The highest BCUT2D eigenvalue weighted by Gasteiger charge is 2.33.